The van der Waals surface area contributed by atoms with E-state index in [0.29, 0.717) is 31.9 Å². The average Bonchev–Trinajstić information content (AvgIpc) is 3.38. The molecule has 4 aliphatic rings. The van der Waals surface area contributed by atoms with Crippen LogP contribution in [0.3, 0.4) is 0 Å². The van der Waals surface area contributed by atoms with Crippen molar-refractivity contribution >= 4 is 11.8 Å². The summed E-state index contributed by atoms with van der Waals surface area (Å²) >= 11 is 0. The zero-order chi connectivity index (χ0) is 24.2. The number of hydrogen-bond donors (Lipinski definition) is 0. The van der Waals surface area contributed by atoms with Gasteiger partial charge in [0.15, 0.2) is 11.5 Å². The van der Waals surface area contributed by atoms with E-state index in [1.165, 1.54) is 0 Å². The first-order chi connectivity index (χ1) is 17.0. The SMILES string of the molecule is CC(C)N1C(=O)c2ccccc2C(C(=O)N2CCCC2)C12CN(Cc1ccc3c(c1)OCCO3)C2. The number of nitrogens with zero attached hydrogens (tertiary/aromatic N) is 3. The lowest BCUT2D eigenvalue weighted by molar-refractivity contribution is -0.143. The van der Waals surface area contributed by atoms with Gasteiger partial charge in [-0.05, 0) is 56.0 Å². The van der Waals surface area contributed by atoms with E-state index in [1.54, 1.807) is 0 Å². The van der Waals surface area contributed by atoms with Crippen molar-refractivity contribution in [2.24, 2.45) is 0 Å². The Morgan fingerprint density at radius 2 is 1.74 bits per heavy atom. The fourth-order valence-electron chi connectivity index (χ4n) is 6.55. The maximum atomic E-state index is 14.0. The van der Waals surface area contributed by atoms with Crippen molar-refractivity contribution in [3.05, 3.63) is 59.2 Å². The van der Waals surface area contributed by atoms with Gasteiger partial charge in [-0.25, -0.2) is 0 Å². The van der Waals surface area contributed by atoms with Crippen LogP contribution < -0.4 is 9.47 Å². The molecule has 1 spiro atoms. The minimum absolute atomic E-state index is 0.00109. The molecule has 0 bridgehead atoms. The van der Waals surface area contributed by atoms with E-state index in [9.17, 15) is 9.59 Å². The molecule has 4 aliphatic heterocycles. The summed E-state index contributed by atoms with van der Waals surface area (Å²) in [5.41, 5.74) is 2.18. The fraction of sp³-hybridized carbons (Fsp3) is 0.500. The smallest absolute Gasteiger partial charge is 0.254 e. The minimum atomic E-state index is -0.535. The first kappa shape index (κ1) is 22.4. The van der Waals surface area contributed by atoms with Crippen molar-refractivity contribution in [2.75, 3.05) is 39.4 Å². The van der Waals surface area contributed by atoms with E-state index < -0.39 is 5.54 Å². The quantitative estimate of drug-likeness (QED) is 0.679. The molecule has 2 fully saturated rings. The topological polar surface area (TPSA) is 62.3 Å². The van der Waals surface area contributed by atoms with Crippen LogP contribution >= 0.6 is 0 Å². The molecule has 35 heavy (non-hydrogen) atoms. The highest BCUT2D eigenvalue weighted by Crippen LogP contribution is 2.49. The second-order valence-corrected chi connectivity index (χ2v) is 10.5. The number of benzene rings is 2. The van der Waals surface area contributed by atoms with Gasteiger partial charge in [-0.3, -0.25) is 14.5 Å². The molecule has 2 amide bonds. The largest absolute Gasteiger partial charge is 0.486 e. The Morgan fingerprint density at radius 3 is 2.49 bits per heavy atom. The molecule has 0 N–H and O–H groups in total. The maximum absolute atomic E-state index is 14.0. The second kappa shape index (κ2) is 8.55. The molecule has 0 aliphatic carbocycles. The molecular formula is C28H33N3O4. The van der Waals surface area contributed by atoms with Crippen LogP contribution in [0.15, 0.2) is 42.5 Å². The van der Waals surface area contributed by atoms with Crippen LogP contribution in [0.2, 0.25) is 0 Å². The molecule has 4 heterocycles. The lowest BCUT2D eigenvalue weighted by Gasteiger charge is -2.62. The monoisotopic (exact) mass is 475 g/mol. The van der Waals surface area contributed by atoms with Gasteiger partial charge in [-0.1, -0.05) is 24.3 Å². The number of likely N-dealkylation sites (tertiary alicyclic amines) is 2. The van der Waals surface area contributed by atoms with Gasteiger partial charge in [-0.2, -0.15) is 0 Å². The van der Waals surface area contributed by atoms with Gasteiger partial charge in [0, 0.05) is 44.3 Å². The zero-order valence-electron chi connectivity index (χ0n) is 20.5. The molecule has 2 saturated heterocycles. The summed E-state index contributed by atoms with van der Waals surface area (Å²) in [4.78, 5) is 34.1. The molecule has 1 unspecified atom stereocenters. The summed E-state index contributed by atoms with van der Waals surface area (Å²) in [7, 11) is 0. The van der Waals surface area contributed by atoms with Crippen LogP contribution in [0, 0.1) is 0 Å². The lowest BCUT2D eigenvalue weighted by Crippen LogP contribution is -2.77. The summed E-state index contributed by atoms with van der Waals surface area (Å²) in [6.07, 6.45) is 2.10. The van der Waals surface area contributed by atoms with Crippen molar-refractivity contribution < 1.29 is 19.1 Å². The van der Waals surface area contributed by atoms with Crippen LogP contribution in [-0.2, 0) is 11.3 Å². The van der Waals surface area contributed by atoms with Gasteiger partial charge in [-0.15, -0.1) is 0 Å². The van der Waals surface area contributed by atoms with Crippen molar-refractivity contribution in [3.63, 3.8) is 0 Å². The van der Waals surface area contributed by atoms with Crippen molar-refractivity contribution in [2.45, 2.75) is 50.7 Å². The van der Waals surface area contributed by atoms with Gasteiger partial charge in [0.05, 0.1) is 11.5 Å². The van der Waals surface area contributed by atoms with E-state index >= 15 is 0 Å². The van der Waals surface area contributed by atoms with E-state index in [2.05, 4.69) is 24.8 Å². The number of rotatable bonds is 4. The Labute approximate surface area is 206 Å². The number of amides is 2. The third-order valence-electron chi connectivity index (χ3n) is 7.93. The maximum Gasteiger partial charge on any atom is 0.254 e. The van der Waals surface area contributed by atoms with Gasteiger partial charge in [0.25, 0.3) is 5.91 Å². The first-order valence-corrected chi connectivity index (χ1v) is 12.8. The highest BCUT2D eigenvalue weighted by atomic mass is 16.6. The summed E-state index contributed by atoms with van der Waals surface area (Å²) in [6.45, 7) is 8.97. The van der Waals surface area contributed by atoms with Gasteiger partial charge < -0.3 is 19.3 Å². The highest BCUT2D eigenvalue weighted by Gasteiger charge is 2.61. The number of fused-ring (bicyclic) bond motifs is 2. The van der Waals surface area contributed by atoms with E-state index in [-0.39, 0.29) is 23.8 Å². The van der Waals surface area contributed by atoms with Crippen LogP contribution in [0.4, 0.5) is 0 Å². The van der Waals surface area contributed by atoms with Crippen LogP contribution in [0.25, 0.3) is 0 Å². The molecule has 0 saturated carbocycles. The number of carbonyl (C=O) groups is 2. The van der Waals surface area contributed by atoms with Crippen LogP contribution in [0.5, 0.6) is 11.5 Å². The van der Waals surface area contributed by atoms with Gasteiger partial charge in [0.2, 0.25) is 5.91 Å². The Kier molecular flexibility index (Phi) is 5.48. The molecular weight excluding hydrogens is 442 g/mol. The number of carbonyl (C=O) groups excluding carboxylic acids is 2. The molecule has 1 atom stereocenters. The molecule has 0 aromatic heterocycles. The van der Waals surface area contributed by atoms with Gasteiger partial charge >= 0.3 is 0 Å². The van der Waals surface area contributed by atoms with Gasteiger partial charge in [0.1, 0.15) is 13.2 Å². The molecule has 2 aromatic rings. The lowest BCUT2D eigenvalue weighted by atomic mass is 9.67. The number of hydrogen-bond acceptors (Lipinski definition) is 5. The van der Waals surface area contributed by atoms with E-state index in [4.69, 9.17) is 9.47 Å². The standard InChI is InChI=1S/C28H33N3O4/c1-19(2)31-26(32)22-8-4-3-7-21(22)25(27(33)30-11-5-6-12-30)28(31)17-29(18-28)16-20-9-10-23-24(15-20)35-14-13-34-23/h3-4,7-10,15,19,25H,5-6,11-14,16-18H2,1-2H3. The second-order valence-electron chi connectivity index (χ2n) is 10.5. The summed E-state index contributed by atoms with van der Waals surface area (Å²) < 4.78 is 11.4. The third-order valence-corrected chi connectivity index (χ3v) is 7.93. The van der Waals surface area contributed by atoms with Crippen molar-refractivity contribution in [1.82, 2.24) is 14.7 Å². The van der Waals surface area contributed by atoms with Crippen molar-refractivity contribution in [3.8, 4) is 11.5 Å². The molecule has 2 aromatic carbocycles. The highest BCUT2D eigenvalue weighted by molar-refractivity contribution is 6.02. The Hall–Kier alpha value is -3.06. The Balaban J connectivity index is 1.33. The fourth-order valence-corrected chi connectivity index (χ4v) is 6.55. The average molecular weight is 476 g/mol. The molecule has 184 valence electrons. The summed E-state index contributed by atoms with van der Waals surface area (Å²) in [6, 6.07) is 13.8. The normalized spacial score (nSPS) is 22.9. The Morgan fingerprint density at radius 1 is 1.03 bits per heavy atom. The predicted octanol–water partition coefficient (Wildman–Crippen LogP) is 3.28. The summed E-state index contributed by atoms with van der Waals surface area (Å²) in [5.74, 6) is 1.45. The molecule has 7 nitrogen and oxygen atoms in total. The predicted molar refractivity (Wildman–Crippen MR) is 132 cm³/mol. The number of ether oxygens (including phenoxy) is 2. The van der Waals surface area contributed by atoms with E-state index in [1.807, 2.05) is 46.2 Å². The zero-order valence-corrected chi connectivity index (χ0v) is 20.5. The van der Waals surface area contributed by atoms with E-state index in [0.717, 1.165) is 55.1 Å². The molecule has 6 rings (SSSR count). The first-order valence-electron chi connectivity index (χ1n) is 12.8. The Bertz CT molecular complexity index is 1150. The van der Waals surface area contributed by atoms with Crippen LogP contribution in [-0.4, -0.2) is 77.5 Å². The van der Waals surface area contributed by atoms with Crippen molar-refractivity contribution in [1.29, 1.82) is 0 Å². The minimum Gasteiger partial charge on any atom is -0.486 e. The van der Waals surface area contributed by atoms with Crippen LogP contribution in [0.1, 0.15) is 54.1 Å². The molecule has 0 radical (unpaired) electrons. The third kappa shape index (κ3) is 3.59. The molecule has 7 heteroatoms. The summed E-state index contributed by atoms with van der Waals surface area (Å²) in [5, 5.41) is 0.